The highest BCUT2D eigenvalue weighted by Crippen LogP contribution is 2.41. The molecule has 0 saturated carbocycles. The molecule has 1 amide bonds. The SMILES string of the molecule is CCCCN(C)C(=O)c1ccc2c(c1)N=C(Cl)c1ccccc1S2. The first-order valence-corrected chi connectivity index (χ1v) is 9.20. The number of nitrogens with zero attached hydrogens (tertiary/aromatic N) is 2. The second-order valence-electron chi connectivity index (χ2n) is 5.76. The molecule has 3 rings (SSSR count). The van der Waals surface area contributed by atoms with Crippen molar-refractivity contribution in [3.05, 3.63) is 53.6 Å². The summed E-state index contributed by atoms with van der Waals surface area (Å²) in [5.41, 5.74) is 2.32. The Bertz CT molecular complexity index is 804. The number of benzene rings is 2. The molecule has 0 fully saturated rings. The van der Waals surface area contributed by atoms with Crippen molar-refractivity contribution in [1.29, 1.82) is 0 Å². The van der Waals surface area contributed by atoms with Crippen LogP contribution in [-0.2, 0) is 0 Å². The Labute approximate surface area is 151 Å². The summed E-state index contributed by atoms with van der Waals surface area (Å²) < 4.78 is 0. The molecule has 1 heterocycles. The predicted octanol–water partition coefficient (Wildman–Crippen LogP) is 5.34. The van der Waals surface area contributed by atoms with Crippen LogP contribution in [0.15, 0.2) is 57.2 Å². The molecule has 5 heteroatoms. The Morgan fingerprint density at radius 3 is 2.79 bits per heavy atom. The van der Waals surface area contributed by atoms with E-state index in [0.717, 1.165) is 40.4 Å². The largest absolute Gasteiger partial charge is 0.342 e. The van der Waals surface area contributed by atoms with Crippen LogP contribution >= 0.6 is 23.4 Å². The minimum absolute atomic E-state index is 0.0179. The lowest BCUT2D eigenvalue weighted by molar-refractivity contribution is 0.0793. The van der Waals surface area contributed by atoms with Crippen molar-refractivity contribution in [3.63, 3.8) is 0 Å². The van der Waals surface area contributed by atoms with Gasteiger partial charge in [0.1, 0.15) is 5.17 Å². The van der Waals surface area contributed by atoms with E-state index in [4.69, 9.17) is 11.6 Å². The summed E-state index contributed by atoms with van der Waals surface area (Å²) in [7, 11) is 1.84. The molecular formula is C19H19ClN2OS. The quantitative estimate of drug-likeness (QED) is 0.738. The summed E-state index contributed by atoms with van der Waals surface area (Å²) in [5, 5.41) is 0.459. The van der Waals surface area contributed by atoms with E-state index in [9.17, 15) is 4.79 Å². The van der Waals surface area contributed by atoms with E-state index < -0.39 is 0 Å². The number of hydrogen-bond acceptors (Lipinski definition) is 3. The minimum atomic E-state index is 0.0179. The fourth-order valence-corrected chi connectivity index (χ4v) is 3.87. The Hall–Kier alpha value is -1.78. The molecular weight excluding hydrogens is 340 g/mol. The number of hydrogen-bond donors (Lipinski definition) is 0. The van der Waals surface area contributed by atoms with Crippen LogP contribution < -0.4 is 0 Å². The lowest BCUT2D eigenvalue weighted by Gasteiger charge is -2.17. The smallest absolute Gasteiger partial charge is 0.253 e. The summed E-state index contributed by atoms with van der Waals surface area (Å²) in [6.07, 6.45) is 2.07. The second-order valence-corrected chi connectivity index (χ2v) is 7.21. The molecule has 1 aliphatic heterocycles. The van der Waals surface area contributed by atoms with E-state index in [1.165, 1.54) is 0 Å². The van der Waals surface area contributed by atoms with Crippen LogP contribution in [0.2, 0.25) is 0 Å². The standard InChI is InChI=1S/C19H19ClN2OS/c1-3-4-11-22(2)19(23)13-9-10-17-15(12-13)21-18(20)14-7-5-6-8-16(14)24-17/h5-10,12H,3-4,11H2,1-2H3. The first kappa shape index (κ1) is 17.1. The fraction of sp³-hybridized carbons (Fsp3) is 0.263. The van der Waals surface area contributed by atoms with Gasteiger partial charge in [0.25, 0.3) is 5.91 Å². The van der Waals surface area contributed by atoms with E-state index >= 15 is 0 Å². The molecule has 0 spiro atoms. The summed E-state index contributed by atoms with van der Waals surface area (Å²) in [6, 6.07) is 13.6. The maximum absolute atomic E-state index is 12.6. The zero-order valence-corrected chi connectivity index (χ0v) is 15.3. The van der Waals surface area contributed by atoms with E-state index in [-0.39, 0.29) is 5.91 Å². The van der Waals surface area contributed by atoms with Gasteiger partial charge in [-0.15, -0.1) is 0 Å². The van der Waals surface area contributed by atoms with E-state index in [2.05, 4.69) is 11.9 Å². The minimum Gasteiger partial charge on any atom is -0.342 e. The predicted molar refractivity (Wildman–Crippen MR) is 101 cm³/mol. The van der Waals surface area contributed by atoms with Crippen molar-refractivity contribution in [2.45, 2.75) is 29.6 Å². The van der Waals surface area contributed by atoms with Crippen LogP contribution in [0.3, 0.4) is 0 Å². The number of fused-ring (bicyclic) bond motifs is 2. The van der Waals surface area contributed by atoms with Crippen molar-refractivity contribution in [3.8, 4) is 0 Å². The summed E-state index contributed by atoms with van der Waals surface area (Å²) in [5.74, 6) is 0.0179. The van der Waals surface area contributed by atoms with Gasteiger partial charge in [-0.2, -0.15) is 0 Å². The Balaban J connectivity index is 1.93. The molecule has 3 nitrogen and oxygen atoms in total. The van der Waals surface area contributed by atoms with Gasteiger partial charge in [0.15, 0.2) is 0 Å². The monoisotopic (exact) mass is 358 g/mol. The average Bonchev–Trinajstić information content (AvgIpc) is 2.74. The number of aliphatic imine (C=N–C) groups is 1. The van der Waals surface area contributed by atoms with E-state index in [0.29, 0.717) is 10.7 Å². The number of unbranched alkanes of at least 4 members (excludes halogenated alkanes) is 1. The van der Waals surface area contributed by atoms with Crippen LogP contribution in [0.5, 0.6) is 0 Å². The summed E-state index contributed by atoms with van der Waals surface area (Å²) >= 11 is 8.01. The topological polar surface area (TPSA) is 32.7 Å². The van der Waals surface area contributed by atoms with E-state index in [1.807, 2.05) is 49.5 Å². The maximum Gasteiger partial charge on any atom is 0.253 e. The molecule has 2 aromatic carbocycles. The zero-order chi connectivity index (χ0) is 17.1. The van der Waals surface area contributed by atoms with Crippen molar-refractivity contribution in [1.82, 2.24) is 4.90 Å². The normalized spacial score (nSPS) is 12.7. The summed E-state index contributed by atoms with van der Waals surface area (Å²) in [4.78, 5) is 20.9. The number of rotatable bonds is 4. The molecule has 0 bridgehead atoms. The van der Waals surface area contributed by atoms with Gasteiger partial charge in [-0.05, 0) is 30.7 Å². The van der Waals surface area contributed by atoms with Gasteiger partial charge in [-0.1, -0.05) is 54.9 Å². The first-order valence-electron chi connectivity index (χ1n) is 8.01. The molecule has 0 atom stereocenters. The van der Waals surface area contributed by atoms with Crippen LogP contribution in [0.1, 0.15) is 35.7 Å². The highest BCUT2D eigenvalue weighted by molar-refractivity contribution is 7.99. The van der Waals surface area contributed by atoms with Gasteiger partial charge in [0.2, 0.25) is 0 Å². The molecule has 1 aliphatic rings. The maximum atomic E-state index is 12.6. The Kier molecular flexibility index (Phi) is 5.27. The van der Waals surface area contributed by atoms with Gasteiger partial charge in [-0.3, -0.25) is 4.79 Å². The third-order valence-electron chi connectivity index (χ3n) is 3.95. The van der Waals surface area contributed by atoms with E-state index in [1.54, 1.807) is 16.7 Å². The molecule has 0 saturated heterocycles. The third kappa shape index (κ3) is 3.50. The molecule has 2 aromatic rings. The lowest BCUT2D eigenvalue weighted by Crippen LogP contribution is -2.27. The van der Waals surface area contributed by atoms with Crippen LogP contribution in [0.25, 0.3) is 0 Å². The Morgan fingerprint density at radius 1 is 1.21 bits per heavy atom. The molecule has 24 heavy (non-hydrogen) atoms. The highest BCUT2D eigenvalue weighted by Gasteiger charge is 2.18. The first-order chi connectivity index (χ1) is 11.6. The van der Waals surface area contributed by atoms with Crippen molar-refractivity contribution < 1.29 is 4.79 Å². The molecule has 0 aromatic heterocycles. The summed E-state index contributed by atoms with van der Waals surface area (Å²) in [6.45, 7) is 2.88. The van der Waals surface area contributed by atoms with Crippen LogP contribution in [-0.4, -0.2) is 29.6 Å². The zero-order valence-electron chi connectivity index (χ0n) is 13.8. The lowest BCUT2D eigenvalue weighted by atomic mass is 10.1. The van der Waals surface area contributed by atoms with Crippen molar-refractivity contribution in [2.75, 3.05) is 13.6 Å². The molecule has 124 valence electrons. The van der Waals surface area contributed by atoms with Gasteiger partial charge in [0.05, 0.1) is 5.69 Å². The molecule has 0 radical (unpaired) electrons. The van der Waals surface area contributed by atoms with Gasteiger partial charge in [-0.25, -0.2) is 4.99 Å². The average molecular weight is 359 g/mol. The molecule has 0 aliphatic carbocycles. The Morgan fingerprint density at radius 2 is 2.00 bits per heavy atom. The van der Waals surface area contributed by atoms with Crippen molar-refractivity contribution in [2.24, 2.45) is 4.99 Å². The van der Waals surface area contributed by atoms with Crippen molar-refractivity contribution >= 4 is 40.1 Å². The molecule has 0 N–H and O–H groups in total. The number of carbonyl (C=O) groups excluding carboxylic acids is 1. The van der Waals surface area contributed by atoms with Crippen LogP contribution in [0, 0.1) is 0 Å². The van der Waals surface area contributed by atoms with Gasteiger partial charge < -0.3 is 4.90 Å². The number of halogens is 1. The fourth-order valence-electron chi connectivity index (χ4n) is 2.55. The number of amides is 1. The number of carbonyl (C=O) groups is 1. The van der Waals surface area contributed by atoms with Gasteiger partial charge in [0, 0.05) is 34.5 Å². The second kappa shape index (κ2) is 7.41. The molecule has 0 unspecified atom stereocenters. The third-order valence-corrected chi connectivity index (χ3v) is 5.38. The van der Waals surface area contributed by atoms with Gasteiger partial charge >= 0.3 is 0 Å². The van der Waals surface area contributed by atoms with Crippen LogP contribution in [0.4, 0.5) is 5.69 Å². The highest BCUT2D eigenvalue weighted by atomic mass is 35.5.